The molecule has 4 heteroatoms. The molecule has 0 spiro atoms. The van der Waals surface area contributed by atoms with Gasteiger partial charge in [-0.1, -0.05) is 26.0 Å². The molecule has 2 aliphatic rings. The van der Waals surface area contributed by atoms with Crippen molar-refractivity contribution in [1.29, 1.82) is 0 Å². The first-order valence-corrected chi connectivity index (χ1v) is 9.51. The largest absolute Gasteiger partial charge is 0.493 e. The Morgan fingerprint density at radius 2 is 1.72 bits per heavy atom. The molecule has 0 bridgehead atoms. The van der Waals surface area contributed by atoms with Gasteiger partial charge in [0.2, 0.25) is 0 Å². The highest BCUT2D eigenvalue weighted by Crippen LogP contribution is 2.40. The summed E-state index contributed by atoms with van der Waals surface area (Å²) in [6.07, 6.45) is 4.78. The van der Waals surface area contributed by atoms with Crippen molar-refractivity contribution in [3.63, 3.8) is 0 Å². The van der Waals surface area contributed by atoms with Crippen molar-refractivity contribution in [1.82, 2.24) is 4.90 Å². The average molecular weight is 350 g/mol. The summed E-state index contributed by atoms with van der Waals surface area (Å²) in [7, 11) is 5.45. The lowest BCUT2D eigenvalue weighted by Gasteiger charge is -2.38. The average Bonchev–Trinajstić information content (AvgIpc) is 2.95. The summed E-state index contributed by atoms with van der Waals surface area (Å²) in [5.74, 6) is 3.69. The first kappa shape index (κ1) is 20.1. The van der Waals surface area contributed by atoms with Crippen molar-refractivity contribution in [2.75, 3.05) is 27.8 Å². The zero-order valence-corrected chi connectivity index (χ0v) is 16.4. The molecule has 2 fully saturated rings. The van der Waals surface area contributed by atoms with Crippen LogP contribution in [0.3, 0.4) is 0 Å². The number of rotatable bonds is 4. The summed E-state index contributed by atoms with van der Waals surface area (Å²) in [5.41, 5.74) is 0. The van der Waals surface area contributed by atoms with Gasteiger partial charge in [0.1, 0.15) is 0 Å². The van der Waals surface area contributed by atoms with Crippen LogP contribution in [0, 0.1) is 17.8 Å². The molecule has 4 atom stereocenters. The van der Waals surface area contributed by atoms with Crippen molar-refractivity contribution >= 4 is 0 Å². The van der Waals surface area contributed by atoms with Crippen LogP contribution >= 0.6 is 0 Å². The first-order chi connectivity index (χ1) is 12.0. The highest BCUT2D eigenvalue weighted by Gasteiger charge is 2.41. The molecule has 1 aromatic carbocycles. The van der Waals surface area contributed by atoms with E-state index in [9.17, 15) is 5.11 Å². The number of para-hydroxylation sites is 2. The number of fused-ring (bicyclic) bond motifs is 1. The van der Waals surface area contributed by atoms with Gasteiger partial charge in [0.25, 0.3) is 0 Å². The molecule has 4 nitrogen and oxygen atoms in total. The summed E-state index contributed by atoms with van der Waals surface area (Å²) in [4.78, 5) is 2.44. The summed E-state index contributed by atoms with van der Waals surface area (Å²) >= 11 is 0. The number of aliphatic hydroxyl groups excluding tert-OH is 1. The van der Waals surface area contributed by atoms with Crippen molar-refractivity contribution < 1.29 is 14.6 Å². The van der Waals surface area contributed by atoms with E-state index in [1.807, 2.05) is 24.3 Å². The molecule has 0 radical (unpaired) electrons. The fourth-order valence-corrected chi connectivity index (χ4v) is 4.37. The van der Waals surface area contributed by atoms with E-state index in [1.165, 1.54) is 25.8 Å². The molecule has 1 saturated carbocycles. The fraction of sp³-hybridized carbons (Fsp3) is 0.714. The molecule has 0 amide bonds. The summed E-state index contributed by atoms with van der Waals surface area (Å²) in [5, 5.41) is 10.2. The van der Waals surface area contributed by atoms with E-state index in [1.54, 1.807) is 14.2 Å². The van der Waals surface area contributed by atoms with Gasteiger partial charge < -0.3 is 19.5 Å². The second kappa shape index (κ2) is 9.44. The quantitative estimate of drug-likeness (QED) is 0.897. The Bertz CT molecular complexity index is 497. The van der Waals surface area contributed by atoms with Gasteiger partial charge in [0.15, 0.2) is 11.5 Å². The number of hydrogen-bond acceptors (Lipinski definition) is 4. The molecule has 1 aliphatic carbocycles. The third-order valence-electron chi connectivity index (χ3n) is 5.66. The highest BCUT2D eigenvalue weighted by atomic mass is 16.5. The number of ether oxygens (including phenoxy) is 2. The first-order valence-electron chi connectivity index (χ1n) is 9.51. The van der Waals surface area contributed by atoms with Gasteiger partial charge in [0.05, 0.1) is 20.3 Å². The highest BCUT2D eigenvalue weighted by molar-refractivity contribution is 5.39. The van der Waals surface area contributed by atoms with Gasteiger partial charge in [0, 0.05) is 6.04 Å². The van der Waals surface area contributed by atoms with Crippen molar-refractivity contribution in [2.24, 2.45) is 17.8 Å². The van der Waals surface area contributed by atoms with E-state index in [0.717, 1.165) is 29.8 Å². The zero-order valence-electron chi connectivity index (χ0n) is 16.4. The van der Waals surface area contributed by atoms with E-state index < -0.39 is 0 Å². The molecule has 142 valence electrons. The number of aliphatic hydroxyl groups is 1. The lowest BCUT2D eigenvalue weighted by molar-refractivity contribution is 0.0121. The second-order valence-electron chi connectivity index (χ2n) is 7.88. The van der Waals surface area contributed by atoms with E-state index in [2.05, 4.69) is 25.8 Å². The maximum absolute atomic E-state index is 10.2. The SMILES string of the molecule is CC(C)CC1CC2CCN(C)C2CC1O.COc1ccccc1OC. The van der Waals surface area contributed by atoms with Crippen LogP contribution in [0.5, 0.6) is 11.5 Å². The van der Waals surface area contributed by atoms with Gasteiger partial charge in [-0.2, -0.15) is 0 Å². The molecule has 1 heterocycles. The van der Waals surface area contributed by atoms with E-state index in [-0.39, 0.29) is 6.10 Å². The zero-order chi connectivity index (χ0) is 18.4. The van der Waals surface area contributed by atoms with E-state index in [4.69, 9.17) is 9.47 Å². The molecular weight excluding hydrogens is 314 g/mol. The maximum Gasteiger partial charge on any atom is 0.160 e. The van der Waals surface area contributed by atoms with Crippen LogP contribution in [0.25, 0.3) is 0 Å². The van der Waals surface area contributed by atoms with E-state index in [0.29, 0.717) is 12.0 Å². The summed E-state index contributed by atoms with van der Waals surface area (Å²) in [6, 6.07) is 8.20. The number of likely N-dealkylation sites (tertiary alicyclic amines) is 1. The minimum atomic E-state index is -0.0470. The predicted molar refractivity (Wildman–Crippen MR) is 102 cm³/mol. The Hall–Kier alpha value is -1.26. The molecular formula is C21H35NO3. The Labute approximate surface area is 153 Å². The van der Waals surface area contributed by atoms with Gasteiger partial charge in [-0.3, -0.25) is 0 Å². The molecule has 1 aromatic rings. The van der Waals surface area contributed by atoms with Crippen LogP contribution in [-0.2, 0) is 0 Å². The fourth-order valence-electron chi connectivity index (χ4n) is 4.37. The van der Waals surface area contributed by atoms with Crippen LogP contribution in [-0.4, -0.2) is 50.0 Å². The van der Waals surface area contributed by atoms with Gasteiger partial charge >= 0.3 is 0 Å². The minimum Gasteiger partial charge on any atom is -0.493 e. The Kier molecular flexibility index (Phi) is 7.57. The van der Waals surface area contributed by atoms with Crippen molar-refractivity contribution in [3.05, 3.63) is 24.3 Å². The lowest BCUT2D eigenvalue weighted by Crippen LogP contribution is -2.42. The van der Waals surface area contributed by atoms with Crippen LogP contribution in [0.1, 0.15) is 39.5 Å². The molecule has 0 aromatic heterocycles. The summed E-state index contributed by atoms with van der Waals surface area (Å²) in [6.45, 7) is 5.76. The maximum atomic E-state index is 10.2. The molecule has 3 rings (SSSR count). The number of benzene rings is 1. The molecule has 1 aliphatic heterocycles. The Balaban J connectivity index is 0.000000196. The molecule has 25 heavy (non-hydrogen) atoms. The normalized spacial score (nSPS) is 28.9. The van der Waals surface area contributed by atoms with Gasteiger partial charge in [-0.05, 0) is 69.2 Å². The van der Waals surface area contributed by atoms with Crippen LogP contribution in [0.15, 0.2) is 24.3 Å². The third-order valence-corrected chi connectivity index (χ3v) is 5.66. The number of methoxy groups -OCH3 is 2. The Morgan fingerprint density at radius 3 is 2.24 bits per heavy atom. The van der Waals surface area contributed by atoms with Crippen molar-refractivity contribution in [3.8, 4) is 11.5 Å². The third kappa shape index (κ3) is 5.35. The topological polar surface area (TPSA) is 41.9 Å². The lowest BCUT2D eigenvalue weighted by atomic mass is 9.73. The molecule has 4 unspecified atom stereocenters. The molecule has 1 N–H and O–H groups in total. The van der Waals surface area contributed by atoms with E-state index >= 15 is 0 Å². The smallest absolute Gasteiger partial charge is 0.160 e. The standard InChI is InChI=1S/C13H25NO.C8H10O2/c1-9(2)6-11-7-10-4-5-14(3)12(10)8-13(11)15;1-9-7-5-3-4-6-8(7)10-2/h9-13,15H,4-8H2,1-3H3;3-6H,1-2H3. The molecule has 1 saturated heterocycles. The van der Waals surface area contributed by atoms with Gasteiger partial charge in [-0.25, -0.2) is 0 Å². The van der Waals surface area contributed by atoms with Crippen LogP contribution in [0.4, 0.5) is 0 Å². The minimum absolute atomic E-state index is 0.0470. The monoisotopic (exact) mass is 349 g/mol. The number of nitrogens with zero attached hydrogens (tertiary/aromatic N) is 1. The second-order valence-corrected chi connectivity index (χ2v) is 7.88. The number of hydrogen-bond donors (Lipinski definition) is 1. The summed E-state index contributed by atoms with van der Waals surface area (Å²) < 4.78 is 10.0. The van der Waals surface area contributed by atoms with Crippen LogP contribution in [0.2, 0.25) is 0 Å². The Morgan fingerprint density at radius 1 is 1.12 bits per heavy atom. The predicted octanol–water partition coefficient (Wildman–Crippen LogP) is 3.83. The van der Waals surface area contributed by atoms with Crippen LogP contribution < -0.4 is 9.47 Å². The van der Waals surface area contributed by atoms with Gasteiger partial charge in [-0.15, -0.1) is 0 Å². The van der Waals surface area contributed by atoms with Crippen molar-refractivity contribution in [2.45, 2.75) is 51.7 Å².